The van der Waals surface area contributed by atoms with E-state index >= 15 is 0 Å². The molecule has 1 aromatic rings. The second-order valence-electron chi connectivity index (χ2n) is 5.19. The Morgan fingerprint density at radius 3 is 2.33 bits per heavy atom. The lowest BCUT2D eigenvalue weighted by atomic mass is 10.1. The average Bonchev–Trinajstić information content (AvgIpc) is 2.54. The molecule has 120 valence electrons. The number of nitrogens with one attached hydrogen (secondary N) is 1. The van der Waals surface area contributed by atoms with Gasteiger partial charge in [0.2, 0.25) is 0 Å². The van der Waals surface area contributed by atoms with Gasteiger partial charge in [-0.2, -0.15) is 0 Å². The second-order valence-corrected chi connectivity index (χ2v) is 5.19. The Balaban J connectivity index is 2.47. The van der Waals surface area contributed by atoms with E-state index in [-0.39, 0.29) is 6.04 Å². The van der Waals surface area contributed by atoms with Gasteiger partial charge in [-0.1, -0.05) is 32.9 Å². The van der Waals surface area contributed by atoms with Crippen LogP contribution < -0.4 is 15.8 Å². The summed E-state index contributed by atoms with van der Waals surface area (Å²) in [7, 11) is 0. The smallest absolute Gasteiger partial charge is 0.119 e. The van der Waals surface area contributed by atoms with E-state index in [4.69, 9.17) is 10.5 Å². The minimum atomic E-state index is 0.209. The first kappa shape index (κ1) is 18.0. The molecule has 1 rings (SSSR count). The summed E-state index contributed by atoms with van der Waals surface area (Å²) < 4.78 is 5.61. The molecule has 0 spiro atoms. The first-order valence-corrected chi connectivity index (χ1v) is 8.13. The maximum atomic E-state index is 5.90. The Morgan fingerprint density at radius 2 is 1.81 bits per heavy atom. The normalized spacial score (nSPS) is 12.6. The van der Waals surface area contributed by atoms with Crippen molar-refractivity contribution in [1.29, 1.82) is 0 Å². The van der Waals surface area contributed by atoms with Crippen LogP contribution in [0, 0.1) is 0 Å². The fraction of sp³-hybridized carbons (Fsp3) is 0.647. The van der Waals surface area contributed by atoms with Crippen LogP contribution in [0.4, 0.5) is 0 Å². The fourth-order valence-corrected chi connectivity index (χ4v) is 2.29. The van der Waals surface area contributed by atoms with Gasteiger partial charge in [-0.05, 0) is 37.2 Å². The van der Waals surface area contributed by atoms with Crippen LogP contribution in [0.5, 0.6) is 5.75 Å². The van der Waals surface area contributed by atoms with Crippen molar-refractivity contribution in [2.75, 3.05) is 39.3 Å². The molecule has 0 saturated heterocycles. The molecule has 3 N–H and O–H groups in total. The quantitative estimate of drug-likeness (QED) is 0.658. The first-order chi connectivity index (χ1) is 10.2. The molecule has 0 radical (unpaired) electrons. The van der Waals surface area contributed by atoms with Crippen molar-refractivity contribution < 1.29 is 4.74 Å². The van der Waals surface area contributed by atoms with Gasteiger partial charge in [-0.3, -0.25) is 0 Å². The van der Waals surface area contributed by atoms with Crippen molar-refractivity contribution >= 4 is 0 Å². The van der Waals surface area contributed by atoms with E-state index in [1.807, 2.05) is 12.1 Å². The second kappa shape index (κ2) is 10.6. The van der Waals surface area contributed by atoms with Crippen molar-refractivity contribution in [1.82, 2.24) is 10.2 Å². The number of nitrogens with zero attached hydrogens (tertiary/aromatic N) is 1. The molecule has 0 aliphatic rings. The molecule has 1 atom stereocenters. The molecule has 0 aromatic heterocycles. The van der Waals surface area contributed by atoms with Crippen LogP contribution in [0.15, 0.2) is 24.3 Å². The van der Waals surface area contributed by atoms with Crippen LogP contribution in [0.3, 0.4) is 0 Å². The van der Waals surface area contributed by atoms with E-state index in [1.54, 1.807) is 0 Å². The number of ether oxygens (including phenoxy) is 1. The first-order valence-electron chi connectivity index (χ1n) is 8.13. The summed E-state index contributed by atoms with van der Waals surface area (Å²) in [5.74, 6) is 0.930. The molecule has 1 unspecified atom stereocenters. The maximum absolute atomic E-state index is 5.90. The number of benzene rings is 1. The Bertz CT molecular complexity index is 363. The van der Waals surface area contributed by atoms with Crippen LogP contribution in [0.1, 0.15) is 38.8 Å². The van der Waals surface area contributed by atoms with Crippen LogP contribution in [-0.2, 0) is 0 Å². The molecule has 1 aromatic carbocycles. The number of likely N-dealkylation sites (N-methyl/N-ethyl adjacent to an activating group) is 1. The molecular formula is C17H31N3O. The molecule has 0 amide bonds. The highest BCUT2D eigenvalue weighted by Crippen LogP contribution is 2.17. The molecule has 0 aliphatic carbocycles. The van der Waals surface area contributed by atoms with Gasteiger partial charge in [0.15, 0.2) is 0 Å². The summed E-state index contributed by atoms with van der Waals surface area (Å²) in [5, 5.41) is 3.54. The van der Waals surface area contributed by atoms with Gasteiger partial charge in [0.1, 0.15) is 5.75 Å². The van der Waals surface area contributed by atoms with E-state index in [0.717, 1.165) is 45.0 Å². The zero-order valence-electron chi connectivity index (χ0n) is 13.8. The highest BCUT2D eigenvalue weighted by molar-refractivity contribution is 5.29. The van der Waals surface area contributed by atoms with Gasteiger partial charge in [0.25, 0.3) is 0 Å². The highest BCUT2D eigenvalue weighted by Gasteiger charge is 2.09. The summed E-state index contributed by atoms with van der Waals surface area (Å²) in [4.78, 5) is 2.41. The van der Waals surface area contributed by atoms with Crippen LogP contribution in [-0.4, -0.2) is 44.2 Å². The van der Waals surface area contributed by atoms with Gasteiger partial charge in [-0.15, -0.1) is 0 Å². The van der Waals surface area contributed by atoms with Gasteiger partial charge in [0, 0.05) is 25.7 Å². The number of rotatable bonds is 11. The van der Waals surface area contributed by atoms with Crippen molar-refractivity contribution in [3.8, 4) is 5.75 Å². The topological polar surface area (TPSA) is 50.5 Å². The predicted molar refractivity (Wildman–Crippen MR) is 89.8 cm³/mol. The van der Waals surface area contributed by atoms with Crippen LogP contribution in [0.25, 0.3) is 0 Å². The lowest BCUT2D eigenvalue weighted by Crippen LogP contribution is -2.36. The molecule has 0 fully saturated rings. The average molecular weight is 293 g/mol. The summed E-state index contributed by atoms with van der Waals surface area (Å²) in [5.41, 5.74) is 7.12. The van der Waals surface area contributed by atoms with Gasteiger partial charge < -0.3 is 20.7 Å². The fourth-order valence-electron chi connectivity index (χ4n) is 2.29. The summed E-state index contributed by atoms with van der Waals surface area (Å²) >= 11 is 0. The molecule has 0 heterocycles. The van der Waals surface area contributed by atoms with Gasteiger partial charge >= 0.3 is 0 Å². The molecular weight excluding hydrogens is 262 g/mol. The lowest BCUT2D eigenvalue weighted by Gasteiger charge is -2.22. The van der Waals surface area contributed by atoms with Crippen LogP contribution in [0.2, 0.25) is 0 Å². The Morgan fingerprint density at radius 1 is 1.14 bits per heavy atom. The minimum absolute atomic E-state index is 0.209. The van der Waals surface area contributed by atoms with Crippen molar-refractivity contribution in [3.63, 3.8) is 0 Å². The van der Waals surface area contributed by atoms with E-state index in [9.17, 15) is 0 Å². The molecule has 4 nitrogen and oxygen atoms in total. The number of nitrogens with two attached hydrogens (primary N) is 1. The Hall–Kier alpha value is -1.10. The lowest BCUT2D eigenvalue weighted by molar-refractivity contribution is 0.296. The monoisotopic (exact) mass is 293 g/mol. The van der Waals surface area contributed by atoms with E-state index in [1.165, 1.54) is 5.56 Å². The largest absolute Gasteiger partial charge is 0.494 e. The SMILES string of the molecule is CCCOc1ccc(C(CN)NCCN(CC)CC)cc1. The third-order valence-electron chi connectivity index (χ3n) is 3.70. The zero-order chi connectivity index (χ0) is 15.5. The molecule has 4 heteroatoms. The summed E-state index contributed by atoms with van der Waals surface area (Å²) in [6.45, 7) is 12.1. The van der Waals surface area contributed by atoms with E-state index in [2.05, 4.69) is 43.1 Å². The van der Waals surface area contributed by atoms with Gasteiger partial charge in [-0.25, -0.2) is 0 Å². The molecule has 0 saturated carbocycles. The zero-order valence-corrected chi connectivity index (χ0v) is 13.8. The minimum Gasteiger partial charge on any atom is -0.494 e. The standard InChI is InChI=1S/C17H31N3O/c1-4-13-21-16-9-7-15(8-10-16)17(14-18)19-11-12-20(5-2)6-3/h7-10,17,19H,4-6,11-14,18H2,1-3H3. The third-order valence-corrected chi connectivity index (χ3v) is 3.70. The third kappa shape index (κ3) is 6.46. The van der Waals surface area contributed by atoms with E-state index < -0.39 is 0 Å². The van der Waals surface area contributed by atoms with Crippen LogP contribution >= 0.6 is 0 Å². The Kier molecular flexibility index (Phi) is 9.06. The summed E-state index contributed by atoms with van der Waals surface area (Å²) in [6, 6.07) is 8.47. The molecule has 0 bridgehead atoms. The highest BCUT2D eigenvalue weighted by atomic mass is 16.5. The molecule has 0 aliphatic heterocycles. The number of hydrogen-bond acceptors (Lipinski definition) is 4. The van der Waals surface area contributed by atoms with Gasteiger partial charge in [0.05, 0.1) is 6.61 Å². The van der Waals surface area contributed by atoms with Crippen molar-refractivity contribution in [3.05, 3.63) is 29.8 Å². The van der Waals surface area contributed by atoms with E-state index in [0.29, 0.717) is 6.54 Å². The summed E-state index contributed by atoms with van der Waals surface area (Å²) in [6.07, 6.45) is 1.03. The predicted octanol–water partition coefficient (Wildman–Crippen LogP) is 2.41. The number of hydrogen-bond donors (Lipinski definition) is 2. The van der Waals surface area contributed by atoms with Crippen molar-refractivity contribution in [2.45, 2.75) is 33.2 Å². The maximum Gasteiger partial charge on any atom is 0.119 e. The van der Waals surface area contributed by atoms with Crippen molar-refractivity contribution in [2.24, 2.45) is 5.73 Å². The Labute approximate surface area is 129 Å². The molecule has 21 heavy (non-hydrogen) atoms.